The van der Waals surface area contributed by atoms with Gasteiger partial charge in [0.05, 0.1) is 12.3 Å². The number of aromatic nitrogens is 2. The van der Waals surface area contributed by atoms with Gasteiger partial charge in [-0.3, -0.25) is 14.8 Å². The predicted octanol–water partition coefficient (Wildman–Crippen LogP) is -0.175. The van der Waals surface area contributed by atoms with E-state index < -0.39 is 0 Å². The maximum atomic E-state index is 11.1. The standard InChI is InChI=1S/C9H13N3O2/c1-12-4-2-7(11-12)6-10-8-3-5-14-9(8)13/h2,4,8,10H,3,5-6H2,1H3. The summed E-state index contributed by atoms with van der Waals surface area (Å²) in [6.07, 6.45) is 2.63. The van der Waals surface area contributed by atoms with Crippen molar-refractivity contribution in [1.82, 2.24) is 15.1 Å². The molecule has 0 radical (unpaired) electrons. The van der Waals surface area contributed by atoms with Crippen LogP contribution in [-0.2, 0) is 23.1 Å². The highest BCUT2D eigenvalue weighted by atomic mass is 16.5. The van der Waals surface area contributed by atoms with Gasteiger partial charge in [-0.05, 0) is 6.07 Å². The van der Waals surface area contributed by atoms with Crippen LogP contribution in [0.15, 0.2) is 12.3 Å². The Morgan fingerprint density at radius 3 is 3.21 bits per heavy atom. The lowest BCUT2D eigenvalue weighted by molar-refractivity contribution is -0.139. The molecule has 1 fully saturated rings. The summed E-state index contributed by atoms with van der Waals surface area (Å²) >= 11 is 0. The van der Waals surface area contributed by atoms with Crippen molar-refractivity contribution in [2.75, 3.05) is 6.61 Å². The van der Waals surface area contributed by atoms with Crippen molar-refractivity contribution in [3.8, 4) is 0 Å². The zero-order chi connectivity index (χ0) is 9.97. The molecule has 5 nitrogen and oxygen atoms in total. The average Bonchev–Trinajstić information content (AvgIpc) is 2.72. The number of carbonyl (C=O) groups is 1. The van der Waals surface area contributed by atoms with Gasteiger partial charge in [-0.1, -0.05) is 0 Å². The molecular weight excluding hydrogens is 182 g/mol. The molecule has 2 rings (SSSR count). The van der Waals surface area contributed by atoms with E-state index in [-0.39, 0.29) is 12.0 Å². The van der Waals surface area contributed by atoms with Crippen LogP contribution in [0.3, 0.4) is 0 Å². The van der Waals surface area contributed by atoms with Crippen molar-refractivity contribution < 1.29 is 9.53 Å². The summed E-state index contributed by atoms with van der Waals surface area (Å²) in [5, 5.41) is 7.31. The molecule has 1 aliphatic heterocycles. The summed E-state index contributed by atoms with van der Waals surface area (Å²) in [6.45, 7) is 1.14. The lowest BCUT2D eigenvalue weighted by atomic mass is 10.2. The lowest BCUT2D eigenvalue weighted by Crippen LogP contribution is -2.32. The van der Waals surface area contributed by atoms with Gasteiger partial charge >= 0.3 is 5.97 Å². The van der Waals surface area contributed by atoms with E-state index in [9.17, 15) is 4.79 Å². The smallest absolute Gasteiger partial charge is 0.323 e. The predicted molar refractivity (Wildman–Crippen MR) is 49.4 cm³/mol. The molecule has 0 saturated carbocycles. The molecule has 1 aromatic rings. The van der Waals surface area contributed by atoms with Crippen molar-refractivity contribution in [2.24, 2.45) is 7.05 Å². The first-order valence-corrected chi connectivity index (χ1v) is 4.64. The number of nitrogens with one attached hydrogen (secondary N) is 1. The fourth-order valence-corrected chi connectivity index (χ4v) is 1.47. The Hall–Kier alpha value is -1.36. The third-order valence-corrected chi connectivity index (χ3v) is 2.23. The van der Waals surface area contributed by atoms with Crippen LogP contribution < -0.4 is 5.32 Å². The number of hydrogen-bond acceptors (Lipinski definition) is 4. The van der Waals surface area contributed by atoms with Gasteiger partial charge in [-0.2, -0.15) is 5.10 Å². The van der Waals surface area contributed by atoms with Gasteiger partial charge in [0.25, 0.3) is 0 Å². The van der Waals surface area contributed by atoms with Crippen molar-refractivity contribution >= 4 is 5.97 Å². The van der Waals surface area contributed by atoms with Crippen molar-refractivity contribution in [3.05, 3.63) is 18.0 Å². The lowest BCUT2D eigenvalue weighted by Gasteiger charge is -2.05. The van der Waals surface area contributed by atoms with E-state index in [1.807, 2.05) is 19.3 Å². The molecule has 0 amide bonds. The minimum absolute atomic E-state index is 0.152. The van der Waals surface area contributed by atoms with E-state index in [1.54, 1.807) is 4.68 Å². The minimum Gasteiger partial charge on any atom is -0.464 e. The molecule has 1 aromatic heterocycles. The number of aryl methyl sites for hydroxylation is 1. The number of ether oxygens (including phenoxy) is 1. The van der Waals surface area contributed by atoms with Crippen molar-refractivity contribution in [2.45, 2.75) is 19.0 Å². The van der Waals surface area contributed by atoms with Gasteiger partial charge in [0.15, 0.2) is 0 Å². The van der Waals surface area contributed by atoms with Gasteiger partial charge in [0, 0.05) is 26.2 Å². The molecule has 1 unspecified atom stereocenters. The molecule has 1 saturated heterocycles. The van der Waals surface area contributed by atoms with Gasteiger partial charge in [0.2, 0.25) is 0 Å². The minimum atomic E-state index is -0.156. The maximum Gasteiger partial charge on any atom is 0.323 e. The molecule has 0 spiro atoms. The number of cyclic esters (lactones) is 1. The van der Waals surface area contributed by atoms with Gasteiger partial charge in [-0.15, -0.1) is 0 Å². The van der Waals surface area contributed by atoms with E-state index in [4.69, 9.17) is 4.74 Å². The van der Waals surface area contributed by atoms with Crippen LogP contribution in [0.25, 0.3) is 0 Å². The first-order valence-electron chi connectivity index (χ1n) is 4.64. The SMILES string of the molecule is Cn1ccc(CNC2CCOC2=O)n1. The molecular formula is C9H13N3O2. The van der Waals surface area contributed by atoms with Gasteiger partial charge in [0.1, 0.15) is 6.04 Å². The number of nitrogens with zero attached hydrogens (tertiary/aromatic N) is 2. The van der Waals surface area contributed by atoms with Gasteiger partial charge in [-0.25, -0.2) is 0 Å². The molecule has 0 aromatic carbocycles. The highest BCUT2D eigenvalue weighted by Crippen LogP contribution is 2.06. The second kappa shape index (κ2) is 3.79. The van der Waals surface area contributed by atoms with Crippen molar-refractivity contribution in [3.63, 3.8) is 0 Å². The number of hydrogen-bond donors (Lipinski definition) is 1. The molecule has 1 N–H and O–H groups in total. The van der Waals surface area contributed by atoms with Crippen LogP contribution in [0.5, 0.6) is 0 Å². The topological polar surface area (TPSA) is 56.2 Å². The molecule has 14 heavy (non-hydrogen) atoms. The molecule has 0 bridgehead atoms. The van der Waals surface area contributed by atoms with Crippen LogP contribution in [-0.4, -0.2) is 28.4 Å². The van der Waals surface area contributed by atoms with E-state index in [1.165, 1.54) is 0 Å². The third kappa shape index (κ3) is 1.93. The first-order chi connectivity index (χ1) is 6.75. The van der Waals surface area contributed by atoms with Crippen LogP contribution in [0.2, 0.25) is 0 Å². The summed E-state index contributed by atoms with van der Waals surface area (Å²) in [5.74, 6) is -0.152. The largest absolute Gasteiger partial charge is 0.464 e. The van der Waals surface area contributed by atoms with Crippen LogP contribution in [0, 0.1) is 0 Å². The summed E-state index contributed by atoms with van der Waals surface area (Å²) in [7, 11) is 1.87. The molecule has 2 heterocycles. The highest BCUT2D eigenvalue weighted by Gasteiger charge is 2.25. The fraction of sp³-hybridized carbons (Fsp3) is 0.556. The molecule has 1 aliphatic rings. The van der Waals surface area contributed by atoms with E-state index in [0.29, 0.717) is 13.2 Å². The Morgan fingerprint density at radius 2 is 2.64 bits per heavy atom. The third-order valence-electron chi connectivity index (χ3n) is 2.23. The molecule has 76 valence electrons. The Kier molecular flexibility index (Phi) is 2.49. The van der Waals surface area contributed by atoms with E-state index in [2.05, 4.69) is 10.4 Å². The van der Waals surface area contributed by atoms with Crippen LogP contribution in [0.4, 0.5) is 0 Å². The Morgan fingerprint density at radius 1 is 1.79 bits per heavy atom. The molecule has 0 aliphatic carbocycles. The quantitative estimate of drug-likeness (QED) is 0.680. The summed E-state index contributed by atoms with van der Waals surface area (Å²) < 4.78 is 6.57. The van der Waals surface area contributed by atoms with E-state index in [0.717, 1.165) is 12.1 Å². The zero-order valence-electron chi connectivity index (χ0n) is 8.06. The first kappa shape index (κ1) is 9.21. The normalized spacial score (nSPS) is 21.2. The van der Waals surface area contributed by atoms with E-state index >= 15 is 0 Å². The zero-order valence-corrected chi connectivity index (χ0v) is 8.06. The molecule has 5 heteroatoms. The number of esters is 1. The summed E-state index contributed by atoms with van der Waals surface area (Å²) in [5.41, 5.74) is 0.937. The Bertz CT molecular complexity index is 335. The average molecular weight is 195 g/mol. The Balaban J connectivity index is 1.85. The highest BCUT2D eigenvalue weighted by molar-refractivity contribution is 5.77. The number of rotatable bonds is 3. The second-order valence-electron chi connectivity index (χ2n) is 3.37. The number of carbonyl (C=O) groups excluding carboxylic acids is 1. The Labute approximate surface area is 82.0 Å². The van der Waals surface area contributed by atoms with Crippen LogP contribution >= 0.6 is 0 Å². The van der Waals surface area contributed by atoms with Gasteiger partial charge < -0.3 is 4.74 Å². The summed E-state index contributed by atoms with van der Waals surface area (Å²) in [4.78, 5) is 11.1. The maximum absolute atomic E-state index is 11.1. The monoisotopic (exact) mass is 195 g/mol. The summed E-state index contributed by atoms with van der Waals surface area (Å²) in [6, 6.07) is 1.77. The fourth-order valence-electron chi connectivity index (χ4n) is 1.47. The molecule has 1 atom stereocenters. The van der Waals surface area contributed by atoms with Crippen LogP contribution in [0.1, 0.15) is 12.1 Å². The van der Waals surface area contributed by atoms with Crippen molar-refractivity contribution in [1.29, 1.82) is 0 Å². The second-order valence-corrected chi connectivity index (χ2v) is 3.37.